The van der Waals surface area contributed by atoms with Gasteiger partial charge in [-0.1, -0.05) is 0 Å². The second kappa shape index (κ2) is 3.79. The van der Waals surface area contributed by atoms with Gasteiger partial charge in [0, 0.05) is 12.4 Å². The first kappa shape index (κ1) is 10.9. The van der Waals surface area contributed by atoms with Crippen LogP contribution in [-0.2, 0) is 0 Å². The molecular formula is C10H8BrN3O2. The van der Waals surface area contributed by atoms with Crippen LogP contribution in [0.25, 0.3) is 11.0 Å². The first-order valence-electron chi connectivity index (χ1n) is 4.57. The SMILES string of the molecule is Cc1c(Br)c([N+](=O)[O-])c2nccnc2c1C. The lowest BCUT2D eigenvalue weighted by Gasteiger charge is -2.07. The lowest BCUT2D eigenvalue weighted by molar-refractivity contribution is -0.384. The van der Waals surface area contributed by atoms with Crippen molar-refractivity contribution in [1.82, 2.24) is 9.97 Å². The van der Waals surface area contributed by atoms with E-state index in [4.69, 9.17) is 0 Å². The number of halogens is 1. The Kier molecular flexibility index (Phi) is 2.59. The van der Waals surface area contributed by atoms with E-state index in [-0.39, 0.29) is 5.69 Å². The molecule has 0 bridgehead atoms. The van der Waals surface area contributed by atoms with E-state index in [0.717, 1.165) is 11.1 Å². The maximum Gasteiger partial charge on any atom is 0.311 e. The van der Waals surface area contributed by atoms with Gasteiger partial charge < -0.3 is 0 Å². The van der Waals surface area contributed by atoms with Crippen LogP contribution in [0.2, 0.25) is 0 Å². The molecule has 0 aliphatic carbocycles. The Morgan fingerprint density at radius 2 is 1.75 bits per heavy atom. The molecule has 0 saturated heterocycles. The monoisotopic (exact) mass is 281 g/mol. The van der Waals surface area contributed by atoms with Gasteiger partial charge in [0.15, 0.2) is 5.52 Å². The minimum absolute atomic E-state index is 0.0220. The van der Waals surface area contributed by atoms with Gasteiger partial charge >= 0.3 is 5.69 Å². The van der Waals surface area contributed by atoms with Crippen molar-refractivity contribution in [3.05, 3.63) is 38.1 Å². The molecule has 0 atom stereocenters. The van der Waals surface area contributed by atoms with E-state index in [9.17, 15) is 10.1 Å². The molecule has 5 nitrogen and oxygen atoms in total. The van der Waals surface area contributed by atoms with Crippen molar-refractivity contribution in [3.63, 3.8) is 0 Å². The average Bonchev–Trinajstić information content (AvgIpc) is 2.26. The Balaban J connectivity index is 3.04. The van der Waals surface area contributed by atoms with E-state index in [1.54, 1.807) is 0 Å². The molecule has 0 fully saturated rings. The van der Waals surface area contributed by atoms with Crippen molar-refractivity contribution < 1.29 is 4.92 Å². The Morgan fingerprint density at radius 3 is 2.31 bits per heavy atom. The summed E-state index contributed by atoms with van der Waals surface area (Å²) in [5.41, 5.74) is 2.60. The fourth-order valence-corrected chi connectivity index (χ4v) is 2.21. The zero-order chi connectivity index (χ0) is 11.9. The molecule has 0 saturated carbocycles. The normalized spacial score (nSPS) is 10.7. The van der Waals surface area contributed by atoms with Crippen LogP contribution < -0.4 is 0 Å². The van der Waals surface area contributed by atoms with Crippen LogP contribution >= 0.6 is 15.9 Å². The van der Waals surface area contributed by atoms with Gasteiger partial charge in [-0.25, -0.2) is 4.98 Å². The molecule has 6 heteroatoms. The van der Waals surface area contributed by atoms with Crippen LogP contribution in [0.1, 0.15) is 11.1 Å². The Bertz CT molecular complexity index is 598. The molecule has 0 aliphatic heterocycles. The zero-order valence-electron chi connectivity index (χ0n) is 8.69. The maximum absolute atomic E-state index is 11.0. The fourth-order valence-electron chi connectivity index (χ4n) is 1.58. The molecule has 1 aromatic heterocycles. The van der Waals surface area contributed by atoms with E-state index in [1.165, 1.54) is 12.4 Å². The Labute approximate surface area is 99.8 Å². The summed E-state index contributed by atoms with van der Waals surface area (Å²) in [4.78, 5) is 18.7. The first-order valence-corrected chi connectivity index (χ1v) is 5.37. The third-order valence-electron chi connectivity index (χ3n) is 2.56. The minimum Gasteiger partial charge on any atom is -0.258 e. The van der Waals surface area contributed by atoms with Crippen molar-refractivity contribution in [1.29, 1.82) is 0 Å². The summed E-state index contributed by atoms with van der Waals surface area (Å²) in [6.45, 7) is 3.70. The van der Waals surface area contributed by atoms with Crippen LogP contribution in [0.5, 0.6) is 0 Å². The van der Waals surface area contributed by atoms with Gasteiger partial charge in [0.25, 0.3) is 0 Å². The van der Waals surface area contributed by atoms with Crippen molar-refractivity contribution in [2.75, 3.05) is 0 Å². The van der Waals surface area contributed by atoms with Gasteiger partial charge in [0.05, 0.1) is 10.4 Å². The standard InChI is InChI=1S/C10H8BrN3O2/c1-5-6(2)8-9(13-4-3-12-8)10(7(5)11)14(15)16/h3-4H,1-2H3. The number of fused-ring (bicyclic) bond motifs is 1. The molecular weight excluding hydrogens is 274 g/mol. The molecule has 82 valence electrons. The van der Waals surface area contributed by atoms with E-state index < -0.39 is 4.92 Å². The summed E-state index contributed by atoms with van der Waals surface area (Å²) in [7, 11) is 0. The van der Waals surface area contributed by atoms with Crippen molar-refractivity contribution in [2.24, 2.45) is 0 Å². The highest BCUT2D eigenvalue weighted by Crippen LogP contribution is 2.36. The van der Waals surface area contributed by atoms with E-state index in [2.05, 4.69) is 25.9 Å². The lowest BCUT2D eigenvalue weighted by atomic mass is 10.1. The summed E-state index contributed by atoms with van der Waals surface area (Å²) in [5, 5.41) is 11.0. The summed E-state index contributed by atoms with van der Waals surface area (Å²) < 4.78 is 0.475. The van der Waals surface area contributed by atoms with Crippen LogP contribution in [0, 0.1) is 24.0 Å². The van der Waals surface area contributed by atoms with Crippen LogP contribution in [-0.4, -0.2) is 14.9 Å². The van der Waals surface area contributed by atoms with Crippen molar-refractivity contribution >= 4 is 32.7 Å². The highest BCUT2D eigenvalue weighted by Gasteiger charge is 2.23. The molecule has 1 aromatic carbocycles. The molecule has 1 heterocycles. The zero-order valence-corrected chi connectivity index (χ0v) is 10.3. The third kappa shape index (κ3) is 1.46. The number of benzene rings is 1. The number of rotatable bonds is 1. The third-order valence-corrected chi connectivity index (χ3v) is 3.53. The number of aryl methyl sites for hydroxylation is 1. The largest absolute Gasteiger partial charge is 0.311 e. The van der Waals surface area contributed by atoms with E-state index in [0.29, 0.717) is 15.5 Å². The van der Waals surface area contributed by atoms with Crippen LogP contribution in [0.15, 0.2) is 16.9 Å². The topological polar surface area (TPSA) is 68.9 Å². The van der Waals surface area contributed by atoms with Gasteiger partial charge in [-0.15, -0.1) is 0 Å². The van der Waals surface area contributed by atoms with E-state index >= 15 is 0 Å². The molecule has 0 amide bonds. The molecule has 2 rings (SSSR count). The predicted octanol–water partition coefficient (Wildman–Crippen LogP) is 2.92. The van der Waals surface area contributed by atoms with Crippen molar-refractivity contribution in [3.8, 4) is 0 Å². The number of nitrogens with zero attached hydrogens (tertiary/aromatic N) is 3. The molecule has 0 aliphatic rings. The van der Waals surface area contributed by atoms with Gasteiger partial charge in [-0.3, -0.25) is 15.1 Å². The quantitative estimate of drug-likeness (QED) is 0.595. The molecule has 2 aromatic rings. The highest BCUT2D eigenvalue weighted by atomic mass is 79.9. The number of nitro groups is 1. The van der Waals surface area contributed by atoms with Gasteiger partial charge in [-0.2, -0.15) is 0 Å². The van der Waals surface area contributed by atoms with Crippen molar-refractivity contribution in [2.45, 2.75) is 13.8 Å². The fraction of sp³-hybridized carbons (Fsp3) is 0.200. The average molecular weight is 282 g/mol. The van der Waals surface area contributed by atoms with Gasteiger partial charge in [-0.05, 0) is 40.9 Å². The Hall–Kier alpha value is -1.56. The minimum atomic E-state index is -0.437. The van der Waals surface area contributed by atoms with Gasteiger partial charge in [0.2, 0.25) is 0 Å². The molecule has 0 spiro atoms. The first-order chi connectivity index (χ1) is 7.54. The second-order valence-electron chi connectivity index (χ2n) is 3.42. The molecule has 0 radical (unpaired) electrons. The van der Waals surface area contributed by atoms with Crippen LogP contribution in [0.3, 0.4) is 0 Å². The smallest absolute Gasteiger partial charge is 0.258 e. The molecule has 16 heavy (non-hydrogen) atoms. The van der Waals surface area contributed by atoms with Gasteiger partial charge in [0.1, 0.15) is 4.47 Å². The Morgan fingerprint density at radius 1 is 1.19 bits per heavy atom. The number of hydrogen-bond acceptors (Lipinski definition) is 4. The maximum atomic E-state index is 11.0. The number of hydrogen-bond donors (Lipinski definition) is 0. The number of nitro benzene ring substituents is 1. The summed E-state index contributed by atoms with van der Waals surface area (Å²) in [6.07, 6.45) is 2.99. The molecule has 0 N–H and O–H groups in total. The lowest BCUT2D eigenvalue weighted by Crippen LogP contribution is -1.99. The summed E-state index contributed by atoms with van der Waals surface area (Å²) >= 11 is 3.24. The summed E-state index contributed by atoms with van der Waals surface area (Å²) in [5.74, 6) is 0. The van der Waals surface area contributed by atoms with Crippen LogP contribution in [0.4, 0.5) is 5.69 Å². The number of aromatic nitrogens is 2. The summed E-state index contributed by atoms with van der Waals surface area (Å²) in [6, 6.07) is 0. The molecule has 0 unspecified atom stereocenters. The second-order valence-corrected chi connectivity index (χ2v) is 4.22. The highest BCUT2D eigenvalue weighted by molar-refractivity contribution is 9.10. The van der Waals surface area contributed by atoms with E-state index in [1.807, 2.05) is 13.8 Å². The predicted molar refractivity (Wildman–Crippen MR) is 63.4 cm³/mol.